The monoisotopic (exact) mass is 334 g/mol. The van der Waals surface area contributed by atoms with Gasteiger partial charge >= 0.3 is 0 Å². The third kappa shape index (κ3) is 2.47. The summed E-state index contributed by atoms with van der Waals surface area (Å²) in [5.41, 5.74) is 4.32. The molecule has 0 bridgehead atoms. The second-order valence-electron chi connectivity index (χ2n) is 4.49. The van der Waals surface area contributed by atoms with E-state index in [4.69, 9.17) is 10.3 Å². The Bertz CT molecular complexity index is 756. The van der Waals surface area contributed by atoms with Gasteiger partial charge in [-0.15, -0.1) is 0 Å². The molecule has 0 aliphatic carbocycles. The molecule has 2 aromatic carbocycles. The fourth-order valence-corrected chi connectivity index (χ4v) is 2.62. The van der Waals surface area contributed by atoms with Gasteiger partial charge in [-0.3, -0.25) is 5.84 Å². The molecule has 0 aliphatic rings. The van der Waals surface area contributed by atoms with Crippen molar-refractivity contribution >= 4 is 26.9 Å². The van der Waals surface area contributed by atoms with Gasteiger partial charge in [-0.1, -0.05) is 28.1 Å². The number of furan rings is 1. The lowest BCUT2D eigenvalue weighted by molar-refractivity contribution is 0.477. The Hall–Kier alpha value is -1.69. The average molecular weight is 335 g/mol. The number of halogens is 2. The second kappa shape index (κ2) is 5.36. The van der Waals surface area contributed by atoms with E-state index >= 15 is 0 Å². The SMILES string of the molecule is NNC(c1cccc(Br)c1)c1cc2cc(F)ccc2o1. The molecular formula is C15H12BrFN2O. The smallest absolute Gasteiger partial charge is 0.134 e. The maximum atomic E-state index is 13.2. The van der Waals surface area contributed by atoms with E-state index in [0.29, 0.717) is 11.3 Å². The van der Waals surface area contributed by atoms with Crippen molar-refractivity contribution in [3.8, 4) is 0 Å². The molecule has 3 nitrogen and oxygen atoms in total. The summed E-state index contributed by atoms with van der Waals surface area (Å²) >= 11 is 3.43. The van der Waals surface area contributed by atoms with Crippen molar-refractivity contribution in [3.63, 3.8) is 0 Å². The number of nitrogens with one attached hydrogen (secondary N) is 1. The third-order valence-corrected chi connectivity index (χ3v) is 3.62. The van der Waals surface area contributed by atoms with Crippen LogP contribution in [0.3, 0.4) is 0 Å². The number of rotatable bonds is 3. The lowest BCUT2D eigenvalue weighted by Gasteiger charge is -2.13. The lowest BCUT2D eigenvalue weighted by Crippen LogP contribution is -2.28. The fraction of sp³-hybridized carbons (Fsp3) is 0.0667. The van der Waals surface area contributed by atoms with Gasteiger partial charge in [0.15, 0.2) is 0 Å². The molecule has 3 N–H and O–H groups in total. The van der Waals surface area contributed by atoms with Gasteiger partial charge in [-0.25, -0.2) is 9.82 Å². The highest BCUT2D eigenvalue weighted by Crippen LogP contribution is 2.29. The van der Waals surface area contributed by atoms with Crippen LogP contribution in [0.15, 0.2) is 57.4 Å². The van der Waals surface area contributed by atoms with Crippen LogP contribution in [0.5, 0.6) is 0 Å². The van der Waals surface area contributed by atoms with Gasteiger partial charge in [0.25, 0.3) is 0 Å². The standard InChI is InChI=1S/C15H12BrFN2O/c16-11-3-1-2-9(6-11)15(19-18)14-8-10-7-12(17)4-5-13(10)20-14/h1-8,15,19H,18H2. The van der Waals surface area contributed by atoms with Crippen molar-refractivity contribution in [3.05, 3.63) is 70.1 Å². The Kier molecular flexibility index (Phi) is 3.56. The first kappa shape index (κ1) is 13.3. The molecule has 20 heavy (non-hydrogen) atoms. The Labute approximate surface area is 123 Å². The largest absolute Gasteiger partial charge is 0.459 e. The lowest BCUT2D eigenvalue weighted by atomic mass is 10.1. The highest BCUT2D eigenvalue weighted by atomic mass is 79.9. The van der Waals surface area contributed by atoms with E-state index in [1.165, 1.54) is 12.1 Å². The van der Waals surface area contributed by atoms with E-state index in [0.717, 1.165) is 15.4 Å². The summed E-state index contributed by atoms with van der Waals surface area (Å²) in [6.07, 6.45) is 0. The molecule has 0 saturated carbocycles. The minimum absolute atomic E-state index is 0.287. The third-order valence-electron chi connectivity index (χ3n) is 3.13. The fourth-order valence-electron chi connectivity index (χ4n) is 2.21. The average Bonchev–Trinajstić information content (AvgIpc) is 2.82. The normalized spacial score (nSPS) is 12.8. The second-order valence-corrected chi connectivity index (χ2v) is 5.40. The predicted octanol–water partition coefficient (Wildman–Crippen LogP) is 3.89. The zero-order valence-electron chi connectivity index (χ0n) is 10.4. The first-order chi connectivity index (χ1) is 9.67. The zero-order valence-corrected chi connectivity index (χ0v) is 12.0. The molecule has 3 rings (SSSR count). The summed E-state index contributed by atoms with van der Waals surface area (Å²) in [7, 11) is 0. The molecule has 1 heterocycles. The Balaban J connectivity index is 2.07. The van der Waals surface area contributed by atoms with E-state index in [2.05, 4.69) is 21.4 Å². The summed E-state index contributed by atoms with van der Waals surface area (Å²) in [5, 5.41) is 0.718. The van der Waals surface area contributed by atoms with Crippen LogP contribution in [0, 0.1) is 5.82 Å². The van der Waals surface area contributed by atoms with Crippen molar-refractivity contribution in [1.29, 1.82) is 0 Å². The van der Waals surface area contributed by atoms with Crippen LogP contribution >= 0.6 is 15.9 Å². The van der Waals surface area contributed by atoms with Gasteiger partial charge in [0, 0.05) is 9.86 Å². The number of benzene rings is 2. The van der Waals surface area contributed by atoms with Gasteiger partial charge in [0.2, 0.25) is 0 Å². The van der Waals surface area contributed by atoms with E-state index in [1.807, 2.05) is 24.3 Å². The quantitative estimate of drug-likeness (QED) is 0.564. The molecule has 0 radical (unpaired) electrons. The Morgan fingerprint density at radius 2 is 2.00 bits per heavy atom. The Morgan fingerprint density at radius 3 is 2.75 bits per heavy atom. The molecule has 5 heteroatoms. The van der Waals surface area contributed by atoms with Crippen LogP contribution in [0.4, 0.5) is 4.39 Å². The van der Waals surface area contributed by atoms with Crippen LogP contribution in [0.1, 0.15) is 17.4 Å². The van der Waals surface area contributed by atoms with Crippen molar-refractivity contribution < 1.29 is 8.81 Å². The first-order valence-electron chi connectivity index (χ1n) is 6.08. The van der Waals surface area contributed by atoms with Crippen LogP contribution in [0.2, 0.25) is 0 Å². The minimum atomic E-state index is -0.289. The van der Waals surface area contributed by atoms with Crippen molar-refractivity contribution in [2.75, 3.05) is 0 Å². The van der Waals surface area contributed by atoms with Gasteiger partial charge < -0.3 is 4.42 Å². The summed E-state index contributed by atoms with van der Waals surface area (Å²) in [6, 6.07) is 13.7. The molecule has 1 aromatic heterocycles. The maximum absolute atomic E-state index is 13.2. The molecular weight excluding hydrogens is 323 g/mol. The minimum Gasteiger partial charge on any atom is -0.459 e. The maximum Gasteiger partial charge on any atom is 0.134 e. The number of hydrazine groups is 1. The summed E-state index contributed by atoms with van der Waals surface area (Å²) in [4.78, 5) is 0. The van der Waals surface area contributed by atoms with Gasteiger partial charge in [0.05, 0.1) is 0 Å². The molecule has 102 valence electrons. The number of nitrogens with two attached hydrogens (primary N) is 1. The highest BCUT2D eigenvalue weighted by Gasteiger charge is 2.17. The molecule has 0 spiro atoms. The molecule has 1 unspecified atom stereocenters. The molecule has 0 saturated heterocycles. The summed E-state index contributed by atoms with van der Waals surface area (Å²) in [5.74, 6) is 6.00. The first-order valence-corrected chi connectivity index (χ1v) is 6.87. The van der Waals surface area contributed by atoms with Gasteiger partial charge in [0.1, 0.15) is 23.2 Å². The predicted molar refractivity (Wildman–Crippen MR) is 79.5 cm³/mol. The van der Waals surface area contributed by atoms with Crippen molar-refractivity contribution in [2.45, 2.75) is 6.04 Å². The van der Waals surface area contributed by atoms with E-state index in [1.54, 1.807) is 12.1 Å². The molecule has 1 atom stereocenters. The zero-order chi connectivity index (χ0) is 14.1. The number of fused-ring (bicyclic) bond motifs is 1. The van der Waals surface area contributed by atoms with E-state index in [-0.39, 0.29) is 11.9 Å². The van der Waals surface area contributed by atoms with Crippen LogP contribution < -0.4 is 11.3 Å². The number of hydrogen-bond donors (Lipinski definition) is 2. The van der Waals surface area contributed by atoms with Gasteiger partial charge in [-0.2, -0.15) is 0 Å². The molecule has 0 fully saturated rings. The van der Waals surface area contributed by atoms with Crippen LogP contribution in [0.25, 0.3) is 11.0 Å². The summed E-state index contributed by atoms with van der Waals surface area (Å²) < 4.78 is 19.9. The van der Waals surface area contributed by atoms with E-state index in [9.17, 15) is 4.39 Å². The van der Waals surface area contributed by atoms with Crippen LogP contribution in [-0.2, 0) is 0 Å². The number of hydrogen-bond acceptors (Lipinski definition) is 3. The Morgan fingerprint density at radius 1 is 1.15 bits per heavy atom. The molecule has 0 aliphatic heterocycles. The topological polar surface area (TPSA) is 51.2 Å². The van der Waals surface area contributed by atoms with Crippen molar-refractivity contribution in [1.82, 2.24) is 5.43 Å². The summed E-state index contributed by atoms with van der Waals surface area (Å²) in [6.45, 7) is 0. The van der Waals surface area contributed by atoms with Gasteiger partial charge in [-0.05, 0) is 42.0 Å². The highest BCUT2D eigenvalue weighted by molar-refractivity contribution is 9.10. The van der Waals surface area contributed by atoms with E-state index < -0.39 is 0 Å². The van der Waals surface area contributed by atoms with Crippen LogP contribution in [-0.4, -0.2) is 0 Å². The van der Waals surface area contributed by atoms with Crippen molar-refractivity contribution in [2.24, 2.45) is 5.84 Å². The molecule has 3 aromatic rings. The molecule has 0 amide bonds.